The molecule has 2 aliphatic carbocycles. The van der Waals surface area contributed by atoms with Gasteiger partial charge in [-0.25, -0.2) is 4.68 Å². The number of halogens is 1. The molecule has 0 amide bonds. The van der Waals surface area contributed by atoms with Crippen LogP contribution in [0.3, 0.4) is 0 Å². The maximum absolute atomic E-state index is 9.21. The van der Waals surface area contributed by atoms with Gasteiger partial charge in [0.25, 0.3) is 0 Å². The van der Waals surface area contributed by atoms with Crippen molar-refractivity contribution >= 4 is 36.8 Å². The number of fused-ring (bicyclic) bond motifs is 1. The number of nitrogens with zero attached hydrogens (tertiary/aromatic N) is 4. The third-order valence-corrected chi connectivity index (χ3v) is 7.72. The van der Waals surface area contributed by atoms with Gasteiger partial charge < -0.3 is 29.7 Å². The molecule has 0 aromatic carbocycles. The number of ether oxygens (including phenoxy) is 2. The minimum absolute atomic E-state index is 0.129. The number of hydrogen-bond donors (Lipinski definition) is 4. The molecule has 3 fully saturated rings. The first-order chi connectivity index (χ1) is 15.4. The van der Waals surface area contributed by atoms with Crippen LogP contribution >= 0.6 is 20.0 Å². The standard InChI is InChI=1S/C19H27ClN5O4P.CH4O/c1-11(30(26)27)28-10-13-3-4-15(29-13)25-17-14(9-21-25)16(23-18(20)24-17)22-12-7-19(8-12)5-2-6-19;1-2/h9,11-13,15,26-27H,2-8,10H2,1H3,(H,22,23,24);2H,1H3. The SMILES string of the molecule is CC(OCC1CCC(n2ncc3c(NC4CC5(CCC5)C4)nc(Cl)nc32)O1)P(O)O.CO. The topological polar surface area (TPSA) is 135 Å². The Bertz CT molecular complexity index is 919. The van der Waals surface area contributed by atoms with Crippen molar-refractivity contribution in [2.45, 2.75) is 76.1 Å². The molecule has 2 saturated carbocycles. The minimum atomic E-state index is -2.10. The molecule has 12 heteroatoms. The van der Waals surface area contributed by atoms with Crippen LogP contribution in [0.15, 0.2) is 6.20 Å². The van der Waals surface area contributed by atoms with Gasteiger partial charge in [-0.05, 0) is 62.5 Å². The van der Waals surface area contributed by atoms with E-state index in [1.165, 1.54) is 32.1 Å². The highest BCUT2D eigenvalue weighted by atomic mass is 35.5. The Morgan fingerprint density at radius 3 is 2.72 bits per heavy atom. The average Bonchev–Trinajstić information content (AvgIpc) is 3.35. The van der Waals surface area contributed by atoms with E-state index >= 15 is 0 Å². The molecule has 178 valence electrons. The minimum Gasteiger partial charge on any atom is -0.400 e. The fourth-order valence-corrected chi connectivity index (χ4v) is 5.27. The molecular weight excluding hydrogens is 457 g/mol. The van der Waals surface area contributed by atoms with Gasteiger partial charge in [0, 0.05) is 13.2 Å². The highest BCUT2D eigenvalue weighted by molar-refractivity contribution is 7.45. The Kier molecular flexibility index (Phi) is 7.51. The number of aromatic nitrogens is 4. The summed E-state index contributed by atoms with van der Waals surface area (Å²) in [7, 11) is -1.10. The second kappa shape index (κ2) is 10.0. The van der Waals surface area contributed by atoms with Gasteiger partial charge in [-0.3, -0.25) is 0 Å². The first-order valence-corrected chi connectivity index (χ1v) is 12.7. The van der Waals surface area contributed by atoms with E-state index in [4.69, 9.17) is 26.2 Å². The van der Waals surface area contributed by atoms with E-state index in [0.29, 0.717) is 23.7 Å². The second-order valence-corrected chi connectivity index (χ2v) is 10.5. The van der Waals surface area contributed by atoms with Crippen LogP contribution in [0.25, 0.3) is 11.0 Å². The third-order valence-electron chi connectivity index (χ3n) is 6.75. The Hall–Kier alpha value is -1.13. The first-order valence-electron chi connectivity index (χ1n) is 11.0. The second-order valence-electron chi connectivity index (χ2n) is 8.81. The third kappa shape index (κ3) is 4.87. The summed E-state index contributed by atoms with van der Waals surface area (Å²) in [6.07, 6.45) is 9.38. The van der Waals surface area contributed by atoms with Gasteiger partial charge in [0.15, 0.2) is 20.3 Å². The van der Waals surface area contributed by atoms with E-state index in [1.54, 1.807) is 17.8 Å². The van der Waals surface area contributed by atoms with Crippen molar-refractivity contribution < 1.29 is 24.4 Å². The molecule has 4 N–H and O–H groups in total. The van der Waals surface area contributed by atoms with Crippen LogP contribution in [0.1, 0.15) is 58.1 Å². The van der Waals surface area contributed by atoms with Gasteiger partial charge in [0.2, 0.25) is 5.28 Å². The summed E-state index contributed by atoms with van der Waals surface area (Å²) >= 11 is 6.23. The predicted molar refractivity (Wildman–Crippen MR) is 121 cm³/mol. The molecule has 32 heavy (non-hydrogen) atoms. The van der Waals surface area contributed by atoms with Crippen molar-refractivity contribution in [1.82, 2.24) is 19.7 Å². The van der Waals surface area contributed by atoms with Gasteiger partial charge in [0.1, 0.15) is 11.7 Å². The molecule has 3 aliphatic rings. The van der Waals surface area contributed by atoms with E-state index in [2.05, 4.69) is 20.4 Å². The summed E-state index contributed by atoms with van der Waals surface area (Å²) in [5.74, 6) is 0.139. The summed E-state index contributed by atoms with van der Waals surface area (Å²) < 4.78 is 13.3. The molecule has 10 nitrogen and oxygen atoms in total. The predicted octanol–water partition coefficient (Wildman–Crippen LogP) is 3.17. The average molecular weight is 488 g/mol. The van der Waals surface area contributed by atoms with Crippen molar-refractivity contribution in [3.05, 3.63) is 11.5 Å². The van der Waals surface area contributed by atoms with E-state index in [-0.39, 0.29) is 17.6 Å². The van der Waals surface area contributed by atoms with Crippen molar-refractivity contribution in [2.75, 3.05) is 19.0 Å². The lowest BCUT2D eigenvalue weighted by Crippen LogP contribution is -2.49. The molecular formula is C20H31ClN5O5P. The summed E-state index contributed by atoms with van der Waals surface area (Å²) in [5.41, 5.74) is 1.24. The first kappa shape index (κ1) is 24.0. The number of nitrogens with one attached hydrogen (secondary N) is 1. The molecule has 1 spiro atoms. The van der Waals surface area contributed by atoms with Crippen LogP contribution in [-0.2, 0) is 9.47 Å². The molecule has 3 atom stereocenters. The van der Waals surface area contributed by atoms with Gasteiger partial charge in [0.05, 0.1) is 24.3 Å². The summed E-state index contributed by atoms with van der Waals surface area (Å²) in [5, 5.41) is 16.1. The monoisotopic (exact) mass is 487 g/mol. The maximum atomic E-state index is 9.21. The zero-order valence-corrected chi connectivity index (χ0v) is 20.0. The summed E-state index contributed by atoms with van der Waals surface area (Å²) in [4.78, 5) is 27.2. The highest BCUT2D eigenvalue weighted by Crippen LogP contribution is 2.56. The molecule has 3 heterocycles. The molecule has 1 aliphatic heterocycles. The lowest BCUT2D eigenvalue weighted by atomic mass is 9.54. The quantitative estimate of drug-likeness (QED) is 0.343. The van der Waals surface area contributed by atoms with Gasteiger partial charge >= 0.3 is 0 Å². The van der Waals surface area contributed by atoms with E-state index in [9.17, 15) is 9.79 Å². The van der Waals surface area contributed by atoms with Crippen LogP contribution in [0.4, 0.5) is 5.82 Å². The summed E-state index contributed by atoms with van der Waals surface area (Å²) in [6, 6.07) is 0.428. The van der Waals surface area contributed by atoms with Gasteiger partial charge in [-0.15, -0.1) is 0 Å². The van der Waals surface area contributed by atoms with E-state index in [1.807, 2.05) is 0 Å². The lowest BCUT2D eigenvalue weighted by molar-refractivity contribution is -0.0489. The number of rotatable bonds is 7. The summed E-state index contributed by atoms with van der Waals surface area (Å²) in [6.45, 7) is 1.95. The van der Waals surface area contributed by atoms with Crippen molar-refractivity contribution in [3.63, 3.8) is 0 Å². The molecule has 5 rings (SSSR count). The fourth-order valence-electron chi connectivity index (χ4n) is 4.89. The van der Waals surface area contributed by atoms with E-state index < -0.39 is 14.2 Å². The van der Waals surface area contributed by atoms with Crippen LogP contribution in [0.5, 0.6) is 0 Å². The smallest absolute Gasteiger partial charge is 0.226 e. The number of anilines is 1. The Balaban J connectivity index is 0.00000119. The molecule has 2 aromatic rings. The van der Waals surface area contributed by atoms with Crippen LogP contribution < -0.4 is 5.32 Å². The number of aliphatic hydroxyl groups excluding tert-OH is 1. The maximum Gasteiger partial charge on any atom is 0.226 e. The zero-order valence-electron chi connectivity index (χ0n) is 18.3. The molecule has 2 aromatic heterocycles. The zero-order chi connectivity index (χ0) is 22.9. The van der Waals surface area contributed by atoms with Crippen LogP contribution in [0, 0.1) is 5.41 Å². The largest absolute Gasteiger partial charge is 0.400 e. The molecule has 3 unspecified atom stereocenters. The van der Waals surface area contributed by atoms with Gasteiger partial charge in [-0.2, -0.15) is 15.1 Å². The fraction of sp³-hybridized carbons (Fsp3) is 0.750. The van der Waals surface area contributed by atoms with Crippen molar-refractivity contribution in [3.8, 4) is 0 Å². The Morgan fingerprint density at radius 2 is 2.06 bits per heavy atom. The Labute approximate surface area is 193 Å². The Morgan fingerprint density at radius 1 is 1.31 bits per heavy atom. The molecule has 0 bridgehead atoms. The highest BCUT2D eigenvalue weighted by Gasteiger charge is 2.48. The van der Waals surface area contributed by atoms with Gasteiger partial charge in [-0.1, -0.05) is 6.42 Å². The normalized spacial score (nSPS) is 25.3. The van der Waals surface area contributed by atoms with E-state index in [0.717, 1.165) is 31.2 Å². The number of hydrogen-bond acceptors (Lipinski definition) is 9. The van der Waals surface area contributed by atoms with Crippen molar-refractivity contribution in [2.24, 2.45) is 5.41 Å². The molecule has 0 radical (unpaired) electrons. The molecule has 1 saturated heterocycles. The van der Waals surface area contributed by atoms with Crippen LogP contribution in [-0.4, -0.2) is 66.3 Å². The van der Waals surface area contributed by atoms with Crippen molar-refractivity contribution in [1.29, 1.82) is 0 Å². The van der Waals surface area contributed by atoms with Crippen LogP contribution in [0.2, 0.25) is 5.28 Å². The lowest BCUT2D eigenvalue weighted by Gasteiger charge is -2.54. The number of aliphatic hydroxyl groups is 1.